The summed E-state index contributed by atoms with van der Waals surface area (Å²) >= 11 is 5.19. The smallest absolute Gasteiger partial charge is 0.264 e. The van der Waals surface area contributed by atoms with Gasteiger partial charge in [0, 0.05) is 18.2 Å². The van der Waals surface area contributed by atoms with Crippen molar-refractivity contribution in [3.05, 3.63) is 48.0 Å². The van der Waals surface area contributed by atoms with E-state index in [-0.39, 0.29) is 23.5 Å². The number of ether oxygens (including phenoxy) is 2. The van der Waals surface area contributed by atoms with Crippen molar-refractivity contribution in [1.29, 1.82) is 0 Å². The van der Waals surface area contributed by atoms with E-state index < -0.39 is 0 Å². The van der Waals surface area contributed by atoms with Crippen molar-refractivity contribution in [2.24, 2.45) is 0 Å². The Hall–Kier alpha value is -3.13. The largest absolute Gasteiger partial charge is 0.494 e. The van der Waals surface area contributed by atoms with Crippen molar-refractivity contribution in [3.8, 4) is 11.5 Å². The molecule has 0 radical (unpaired) electrons. The third-order valence-corrected chi connectivity index (χ3v) is 4.40. The van der Waals surface area contributed by atoms with E-state index >= 15 is 0 Å². The molecule has 0 bridgehead atoms. The van der Waals surface area contributed by atoms with Gasteiger partial charge in [-0.2, -0.15) is 0 Å². The predicted molar refractivity (Wildman–Crippen MR) is 122 cm³/mol. The number of carbonyl (C=O) groups is 2. The number of anilines is 2. The first-order valence-electron chi connectivity index (χ1n) is 9.70. The average Bonchev–Trinajstić information content (AvgIpc) is 2.72. The van der Waals surface area contributed by atoms with E-state index in [1.165, 1.54) is 7.11 Å². The number of unbranched alkanes of at least 4 members (excludes halogenated alkanes) is 1. The fourth-order valence-electron chi connectivity index (χ4n) is 2.61. The molecule has 0 fully saturated rings. The van der Waals surface area contributed by atoms with Gasteiger partial charge in [0.1, 0.15) is 11.5 Å². The lowest BCUT2D eigenvalue weighted by Crippen LogP contribution is -2.37. The molecular formula is C22H27N3O4S. The molecule has 8 heteroatoms. The Morgan fingerprint density at radius 1 is 1.03 bits per heavy atom. The van der Waals surface area contributed by atoms with Crippen molar-refractivity contribution >= 4 is 40.5 Å². The zero-order valence-electron chi connectivity index (χ0n) is 17.4. The lowest BCUT2D eigenvalue weighted by molar-refractivity contribution is -0.121. The summed E-state index contributed by atoms with van der Waals surface area (Å²) in [4.78, 5) is 24.0. The summed E-state index contributed by atoms with van der Waals surface area (Å²) in [6.45, 7) is 3.78. The Bertz CT molecular complexity index is 902. The van der Waals surface area contributed by atoms with Crippen molar-refractivity contribution in [3.63, 3.8) is 0 Å². The Labute approximate surface area is 182 Å². The van der Waals surface area contributed by atoms with Crippen LogP contribution >= 0.6 is 12.2 Å². The molecule has 30 heavy (non-hydrogen) atoms. The lowest BCUT2D eigenvalue weighted by Gasteiger charge is -2.14. The summed E-state index contributed by atoms with van der Waals surface area (Å²) in [6, 6.07) is 12.6. The molecule has 0 spiro atoms. The van der Waals surface area contributed by atoms with Crippen LogP contribution in [0.3, 0.4) is 0 Å². The molecule has 0 aliphatic carbocycles. The average molecular weight is 430 g/mol. The maximum atomic E-state index is 12.1. The van der Waals surface area contributed by atoms with E-state index in [1.54, 1.807) is 24.3 Å². The van der Waals surface area contributed by atoms with Crippen LogP contribution in [-0.2, 0) is 9.59 Å². The normalized spacial score (nSPS) is 10.1. The molecule has 0 aliphatic rings. The highest BCUT2D eigenvalue weighted by Crippen LogP contribution is 2.28. The van der Waals surface area contributed by atoms with Gasteiger partial charge in [0.05, 0.1) is 12.8 Å². The maximum Gasteiger partial charge on any atom is 0.264 e. The molecule has 0 atom stereocenters. The molecule has 2 amide bonds. The van der Waals surface area contributed by atoms with Gasteiger partial charge in [-0.15, -0.1) is 0 Å². The highest BCUT2D eigenvalue weighted by molar-refractivity contribution is 7.80. The van der Waals surface area contributed by atoms with Crippen molar-refractivity contribution in [2.75, 3.05) is 24.4 Å². The molecule has 3 N–H and O–H groups in total. The van der Waals surface area contributed by atoms with E-state index in [0.717, 1.165) is 18.4 Å². The van der Waals surface area contributed by atoms with Crippen LogP contribution in [0.1, 0.15) is 31.7 Å². The van der Waals surface area contributed by atoms with Gasteiger partial charge in [-0.1, -0.05) is 31.5 Å². The second-order valence-corrected chi connectivity index (χ2v) is 7.03. The third-order valence-electron chi connectivity index (χ3n) is 4.20. The zero-order chi connectivity index (χ0) is 21.9. The van der Waals surface area contributed by atoms with Crippen molar-refractivity contribution in [2.45, 2.75) is 33.1 Å². The first-order valence-corrected chi connectivity index (χ1v) is 10.1. The maximum absolute atomic E-state index is 12.1. The quantitative estimate of drug-likeness (QED) is 0.522. The highest BCUT2D eigenvalue weighted by Gasteiger charge is 2.11. The Morgan fingerprint density at radius 2 is 1.80 bits per heavy atom. The number of thiocarbonyl (C=S) groups is 1. The van der Waals surface area contributed by atoms with Gasteiger partial charge in [0.15, 0.2) is 11.7 Å². The summed E-state index contributed by atoms with van der Waals surface area (Å²) in [6.07, 6.45) is 2.24. The molecular weight excluding hydrogens is 402 g/mol. The number of methoxy groups -OCH3 is 1. The molecule has 0 heterocycles. The van der Waals surface area contributed by atoms with Crippen LogP contribution in [0.25, 0.3) is 0 Å². The number of aryl methyl sites for hydroxylation is 1. The van der Waals surface area contributed by atoms with Crippen LogP contribution in [0.5, 0.6) is 11.5 Å². The zero-order valence-corrected chi connectivity index (χ0v) is 18.2. The lowest BCUT2D eigenvalue weighted by atomic mass is 10.2. The summed E-state index contributed by atoms with van der Waals surface area (Å²) in [7, 11) is 1.52. The van der Waals surface area contributed by atoms with Crippen LogP contribution < -0.4 is 25.4 Å². The predicted octanol–water partition coefficient (Wildman–Crippen LogP) is 4.02. The Balaban J connectivity index is 1.88. The minimum atomic E-state index is -0.373. The number of hydrogen-bond acceptors (Lipinski definition) is 5. The van der Waals surface area contributed by atoms with E-state index in [1.807, 2.05) is 32.0 Å². The molecule has 0 saturated carbocycles. The number of para-hydroxylation sites is 1. The SMILES string of the molecule is CCCCC(=O)Nc1ccc(NC(=S)NC(=O)COc2ccccc2C)cc1OC. The molecule has 2 aromatic rings. The van der Waals surface area contributed by atoms with Gasteiger partial charge < -0.3 is 20.1 Å². The molecule has 2 rings (SSSR count). The van der Waals surface area contributed by atoms with E-state index in [9.17, 15) is 9.59 Å². The van der Waals surface area contributed by atoms with E-state index in [4.69, 9.17) is 21.7 Å². The molecule has 7 nitrogen and oxygen atoms in total. The Kier molecular flexibility index (Phi) is 9.08. The molecule has 0 unspecified atom stereocenters. The third kappa shape index (κ3) is 7.36. The minimum absolute atomic E-state index is 0.0627. The topological polar surface area (TPSA) is 88.7 Å². The first-order chi connectivity index (χ1) is 14.4. The van der Waals surface area contributed by atoms with Gasteiger partial charge >= 0.3 is 0 Å². The summed E-state index contributed by atoms with van der Waals surface area (Å²) in [5, 5.41) is 8.46. The van der Waals surface area contributed by atoms with Crippen LogP contribution in [-0.4, -0.2) is 30.6 Å². The molecule has 0 aliphatic heterocycles. The second-order valence-electron chi connectivity index (χ2n) is 6.62. The van der Waals surface area contributed by atoms with Gasteiger partial charge in [-0.05, 0) is 49.3 Å². The molecule has 160 valence electrons. The van der Waals surface area contributed by atoms with Crippen LogP contribution in [0, 0.1) is 6.92 Å². The molecule has 0 saturated heterocycles. The molecule has 2 aromatic carbocycles. The van der Waals surface area contributed by atoms with E-state index in [0.29, 0.717) is 29.3 Å². The summed E-state index contributed by atoms with van der Waals surface area (Å²) < 4.78 is 10.9. The van der Waals surface area contributed by atoms with Crippen molar-refractivity contribution in [1.82, 2.24) is 5.32 Å². The van der Waals surface area contributed by atoms with Crippen molar-refractivity contribution < 1.29 is 19.1 Å². The summed E-state index contributed by atoms with van der Waals surface area (Å²) in [5.74, 6) is 0.699. The monoisotopic (exact) mass is 429 g/mol. The number of nitrogens with one attached hydrogen (secondary N) is 3. The standard InChI is InChI=1S/C22H27N3O4S/c1-4-5-10-20(26)24-17-12-11-16(13-19(17)28-3)23-22(30)25-21(27)14-29-18-9-7-6-8-15(18)2/h6-9,11-13H,4-5,10,14H2,1-3H3,(H,24,26)(H2,23,25,27,30). The number of carbonyl (C=O) groups excluding carboxylic acids is 2. The highest BCUT2D eigenvalue weighted by atomic mass is 32.1. The number of hydrogen-bond donors (Lipinski definition) is 3. The fourth-order valence-corrected chi connectivity index (χ4v) is 2.84. The minimum Gasteiger partial charge on any atom is -0.494 e. The van der Waals surface area contributed by atoms with Gasteiger partial charge in [0.2, 0.25) is 5.91 Å². The number of rotatable bonds is 9. The Morgan fingerprint density at radius 3 is 2.50 bits per heavy atom. The number of benzene rings is 2. The van der Waals surface area contributed by atoms with Gasteiger partial charge in [-0.3, -0.25) is 14.9 Å². The van der Waals surface area contributed by atoms with Gasteiger partial charge in [-0.25, -0.2) is 0 Å². The van der Waals surface area contributed by atoms with Crippen LogP contribution in [0.2, 0.25) is 0 Å². The van der Waals surface area contributed by atoms with Gasteiger partial charge in [0.25, 0.3) is 5.91 Å². The second kappa shape index (κ2) is 11.8. The van der Waals surface area contributed by atoms with Crippen LogP contribution in [0.4, 0.5) is 11.4 Å². The summed E-state index contributed by atoms with van der Waals surface area (Å²) in [5.41, 5.74) is 2.13. The fraction of sp³-hybridized carbons (Fsp3) is 0.318. The van der Waals surface area contributed by atoms with E-state index in [2.05, 4.69) is 16.0 Å². The van der Waals surface area contributed by atoms with Crippen LogP contribution in [0.15, 0.2) is 42.5 Å². The first kappa shape index (κ1) is 23.2. The number of amides is 2. The molecule has 0 aromatic heterocycles.